The number of unbranched alkanes of at least 4 members (excludes halogenated alkanes) is 3. The molecule has 226 valence electrons. The molecule has 2 aromatic carbocycles. The summed E-state index contributed by atoms with van der Waals surface area (Å²) >= 11 is 6.12. The maximum atomic E-state index is 12.7. The Labute approximate surface area is 247 Å². The highest BCUT2D eigenvalue weighted by Crippen LogP contribution is 2.27. The molecule has 4 rings (SSSR count). The lowest BCUT2D eigenvalue weighted by Gasteiger charge is -2.39. The maximum Gasteiger partial charge on any atom is 0.278 e. The Hall–Kier alpha value is -3.52. The number of aliphatic hydroxyl groups excluding tert-OH is 4. The summed E-state index contributed by atoms with van der Waals surface area (Å²) < 4.78 is 10.9. The molecule has 13 heteroatoms. The first-order valence-electron chi connectivity index (χ1n) is 13.6. The van der Waals surface area contributed by atoms with Crippen LogP contribution in [0, 0.1) is 0 Å². The molecule has 6 N–H and O–H groups in total. The molecule has 2 aromatic rings. The number of amides is 3. The summed E-state index contributed by atoms with van der Waals surface area (Å²) in [5.74, 6) is -0.885. The van der Waals surface area contributed by atoms with Crippen LogP contribution in [-0.2, 0) is 19.1 Å². The van der Waals surface area contributed by atoms with Crippen molar-refractivity contribution >= 4 is 40.7 Å². The van der Waals surface area contributed by atoms with Gasteiger partial charge in [0.15, 0.2) is 0 Å². The van der Waals surface area contributed by atoms with Crippen molar-refractivity contribution < 1.29 is 44.3 Å². The number of para-hydroxylation sites is 1. The third kappa shape index (κ3) is 7.65. The van der Waals surface area contributed by atoms with Gasteiger partial charge in [-0.1, -0.05) is 42.6 Å². The lowest BCUT2D eigenvalue weighted by molar-refractivity contribution is -0.277. The van der Waals surface area contributed by atoms with E-state index in [9.17, 15) is 34.8 Å². The maximum absolute atomic E-state index is 12.7. The van der Waals surface area contributed by atoms with Gasteiger partial charge in [-0.3, -0.25) is 19.3 Å². The minimum absolute atomic E-state index is 0.0676. The van der Waals surface area contributed by atoms with Gasteiger partial charge in [0.1, 0.15) is 40.9 Å². The van der Waals surface area contributed by atoms with E-state index in [0.29, 0.717) is 30.6 Å². The van der Waals surface area contributed by atoms with Crippen LogP contribution in [0.4, 0.5) is 11.4 Å². The Balaban J connectivity index is 1.13. The average Bonchev–Trinajstić information content (AvgIpc) is 3.19. The number of hydrogen-bond donors (Lipinski definition) is 6. The normalized spacial score (nSPS) is 24.2. The Kier molecular flexibility index (Phi) is 10.9. The van der Waals surface area contributed by atoms with Crippen LogP contribution in [0.2, 0.25) is 0 Å². The van der Waals surface area contributed by atoms with Gasteiger partial charge in [-0.15, -0.1) is 0 Å². The van der Waals surface area contributed by atoms with E-state index < -0.39 is 49.1 Å². The molecule has 0 radical (unpaired) electrons. The second-order valence-corrected chi connectivity index (χ2v) is 10.4. The van der Waals surface area contributed by atoms with Gasteiger partial charge < -0.3 is 40.5 Å². The fourth-order valence-electron chi connectivity index (χ4n) is 4.57. The summed E-state index contributed by atoms with van der Waals surface area (Å²) in [6.45, 7) is -0.328. The molecule has 2 aliphatic rings. The molecule has 0 spiro atoms. The molecular formula is C29H34ClN3O9. The van der Waals surface area contributed by atoms with Crippen molar-refractivity contribution in [2.75, 3.05) is 23.8 Å². The summed E-state index contributed by atoms with van der Waals surface area (Å²) in [5.41, 5.74) is 1.25. The van der Waals surface area contributed by atoms with E-state index in [-0.39, 0.29) is 35.4 Å². The van der Waals surface area contributed by atoms with E-state index in [1.807, 2.05) is 6.07 Å². The van der Waals surface area contributed by atoms with Crippen molar-refractivity contribution in [3.63, 3.8) is 0 Å². The molecule has 3 amide bonds. The molecule has 42 heavy (non-hydrogen) atoms. The summed E-state index contributed by atoms with van der Waals surface area (Å²) in [4.78, 5) is 38.6. The number of hydrogen-bond acceptors (Lipinski definition) is 10. The highest BCUT2D eigenvalue weighted by molar-refractivity contribution is 6.48. The Bertz CT molecular complexity index is 1270. The molecule has 0 bridgehead atoms. The summed E-state index contributed by atoms with van der Waals surface area (Å²) in [6, 6.07) is 15.3. The van der Waals surface area contributed by atoms with Crippen molar-refractivity contribution in [1.82, 2.24) is 4.90 Å². The largest absolute Gasteiger partial charge is 0.462 e. The van der Waals surface area contributed by atoms with Crippen LogP contribution >= 0.6 is 11.6 Å². The minimum atomic E-state index is -1.55. The second-order valence-electron chi connectivity index (χ2n) is 9.99. The molecule has 2 aliphatic heterocycles. The Morgan fingerprint density at radius 1 is 0.881 bits per heavy atom. The topological polar surface area (TPSA) is 178 Å². The van der Waals surface area contributed by atoms with E-state index in [2.05, 4.69) is 10.6 Å². The summed E-state index contributed by atoms with van der Waals surface area (Å²) in [5, 5.41) is 44.7. The van der Waals surface area contributed by atoms with Gasteiger partial charge in [-0.25, -0.2) is 0 Å². The predicted molar refractivity (Wildman–Crippen MR) is 152 cm³/mol. The number of aliphatic hydroxyl groups is 4. The van der Waals surface area contributed by atoms with Crippen molar-refractivity contribution in [2.45, 2.75) is 62.8 Å². The number of anilines is 2. The molecule has 12 nitrogen and oxygen atoms in total. The van der Waals surface area contributed by atoms with Crippen molar-refractivity contribution in [3.8, 4) is 5.75 Å². The number of imide groups is 1. The molecule has 1 saturated heterocycles. The zero-order chi connectivity index (χ0) is 30.2. The third-order valence-corrected chi connectivity index (χ3v) is 7.28. The SMILES string of the molecule is O=C(CCCCCCN1C(=O)C(Cl)=C(Nc2ccccc2)C1=O)Nc1ccc(O[C@@H]2O[C@H](CO)[C@@H](O)[C@H](O)[C@H]2O)cc1. The Morgan fingerprint density at radius 3 is 2.26 bits per heavy atom. The number of ether oxygens (including phenoxy) is 2. The van der Waals surface area contributed by atoms with Crippen LogP contribution in [0.3, 0.4) is 0 Å². The summed E-state index contributed by atoms with van der Waals surface area (Å²) in [7, 11) is 0. The highest BCUT2D eigenvalue weighted by Gasteiger charge is 2.44. The second kappa shape index (κ2) is 14.6. The lowest BCUT2D eigenvalue weighted by Crippen LogP contribution is -2.60. The number of benzene rings is 2. The fourth-order valence-corrected chi connectivity index (χ4v) is 4.80. The first-order valence-corrected chi connectivity index (χ1v) is 14.0. The van der Waals surface area contributed by atoms with Gasteiger partial charge in [-0.05, 0) is 49.2 Å². The van der Waals surface area contributed by atoms with Gasteiger partial charge >= 0.3 is 0 Å². The van der Waals surface area contributed by atoms with Crippen LogP contribution < -0.4 is 15.4 Å². The van der Waals surface area contributed by atoms with Crippen LogP contribution in [0.1, 0.15) is 32.1 Å². The minimum Gasteiger partial charge on any atom is -0.462 e. The van der Waals surface area contributed by atoms with Gasteiger partial charge in [0.2, 0.25) is 12.2 Å². The number of rotatable bonds is 13. The van der Waals surface area contributed by atoms with Crippen molar-refractivity contribution in [1.29, 1.82) is 0 Å². The van der Waals surface area contributed by atoms with Crippen molar-refractivity contribution in [3.05, 3.63) is 65.3 Å². The molecule has 2 heterocycles. The van der Waals surface area contributed by atoms with Crippen LogP contribution in [0.15, 0.2) is 65.3 Å². The number of nitrogens with one attached hydrogen (secondary N) is 2. The lowest BCUT2D eigenvalue weighted by atomic mass is 9.99. The van der Waals surface area contributed by atoms with Gasteiger partial charge in [0.25, 0.3) is 11.8 Å². The van der Waals surface area contributed by atoms with Crippen molar-refractivity contribution in [2.24, 2.45) is 0 Å². The van der Waals surface area contributed by atoms with Crippen LogP contribution in [0.25, 0.3) is 0 Å². The van der Waals surface area contributed by atoms with Crippen LogP contribution in [0.5, 0.6) is 5.75 Å². The first-order chi connectivity index (χ1) is 20.2. The molecule has 5 atom stereocenters. The first kappa shape index (κ1) is 31.4. The van der Waals surface area contributed by atoms with E-state index in [1.165, 1.54) is 0 Å². The quantitative estimate of drug-likeness (QED) is 0.146. The van der Waals surface area contributed by atoms with E-state index in [0.717, 1.165) is 11.3 Å². The van der Waals surface area contributed by atoms with Crippen LogP contribution in [-0.4, -0.2) is 86.9 Å². The molecule has 0 aromatic heterocycles. The van der Waals surface area contributed by atoms with Gasteiger partial charge in [0.05, 0.1) is 6.61 Å². The highest BCUT2D eigenvalue weighted by atomic mass is 35.5. The number of carbonyl (C=O) groups is 3. The molecule has 1 fully saturated rings. The fraction of sp³-hybridized carbons (Fsp3) is 0.414. The molecule has 0 saturated carbocycles. The number of nitrogens with zero attached hydrogens (tertiary/aromatic N) is 1. The zero-order valence-corrected chi connectivity index (χ0v) is 23.4. The van der Waals surface area contributed by atoms with Gasteiger partial charge in [0, 0.05) is 24.3 Å². The smallest absolute Gasteiger partial charge is 0.278 e. The molecule has 0 unspecified atom stereocenters. The van der Waals surface area contributed by atoms with E-state index in [4.69, 9.17) is 21.1 Å². The monoisotopic (exact) mass is 603 g/mol. The number of carbonyl (C=O) groups excluding carboxylic acids is 3. The predicted octanol–water partition coefficient (Wildman–Crippen LogP) is 1.69. The standard InChI is InChI=1S/C29H34ClN3O9/c30-22-23(32-17-8-4-3-5-9-17)28(40)33(27(22)39)15-7-2-1-6-10-21(35)31-18-11-13-19(14-12-18)41-29-26(38)25(37)24(36)20(16-34)42-29/h3-5,8-9,11-14,20,24-26,29,32,34,36-38H,1-2,6-7,10,15-16H2,(H,31,35)/t20-,24-,25+,26-,29-/m1/s1. The van der Waals surface area contributed by atoms with Gasteiger partial charge in [-0.2, -0.15) is 0 Å². The zero-order valence-electron chi connectivity index (χ0n) is 22.7. The molecule has 0 aliphatic carbocycles. The van der Waals surface area contributed by atoms with E-state index >= 15 is 0 Å². The summed E-state index contributed by atoms with van der Waals surface area (Å²) in [6.07, 6.45) is -4.01. The number of halogens is 1. The van der Waals surface area contributed by atoms with E-state index in [1.54, 1.807) is 48.5 Å². The Morgan fingerprint density at radius 2 is 1.57 bits per heavy atom. The third-order valence-electron chi connectivity index (χ3n) is 6.93. The molecular weight excluding hydrogens is 570 g/mol. The average molecular weight is 604 g/mol.